The summed E-state index contributed by atoms with van der Waals surface area (Å²) >= 11 is 0. The van der Waals surface area contributed by atoms with Crippen molar-refractivity contribution in [2.75, 3.05) is 15.4 Å². The van der Waals surface area contributed by atoms with Gasteiger partial charge in [0.2, 0.25) is 5.95 Å². The quantitative estimate of drug-likeness (QED) is 0.477. The third-order valence-corrected chi connectivity index (χ3v) is 6.65. The normalized spacial score (nSPS) is 14.7. The summed E-state index contributed by atoms with van der Waals surface area (Å²) in [5.41, 5.74) is 2.18. The molecular formula is C23H27N5O2S. The number of aryl methyl sites for hydroxylation is 1. The summed E-state index contributed by atoms with van der Waals surface area (Å²) < 4.78 is 27.5. The highest BCUT2D eigenvalue weighted by atomic mass is 32.2. The molecule has 1 heterocycles. The van der Waals surface area contributed by atoms with Gasteiger partial charge >= 0.3 is 0 Å². The van der Waals surface area contributed by atoms with Gasteiger partial charge in [0.25, 0.3) is 10.0 Å². The molecule has 0 unspecified atom stereocenters. The van der Waals surface area contributed by atoms with Crippen LogP contribution in [0.25, 0.3) is 0 Å². The molecule has 7 nitrogen and oxygen atoms in total. The Balaban J connectivity index is 1.43. The zero-order valence-corrected chi connectivity index (χ0v) is 18.3. The Hall–Kier alpha value is -3.13. The topological polar surface area (TPSA) is 96.0 Å². The molecule has 1 fully saturated rings. The van der Waals surface area contributed by atoms with Crippen molar-refractivity contribution in [2.45, 2.75) is 50.0 Å². The molecule has 162 valence electrons. The maximum absolute atomic E-state index is 12.5. The number of nitrogens with one attached hydrogen (secondary N) is 3. The lowest BCUT2D eigenvalue weighted by atomic mass is 9.96. The fraction of sp³-hybridized carbons (Fsp3) is 0.304. The molecule has 0 spiro atoms. The highest BCUT2D eigenvalue weighted by molar-refractivity contribution is 7.92. The van der Waals surface area contributed by atoms with Crippen LogP contribution >= 0.6 is 0 Å². The first-order valence-electron chi connectivity index (χ1n) is 10.6. The molecule has 0 bridgehead atoms. The monoisotopic (exact) mass is 437 g/mol. The molecule has 0 radical (unpaired) electrons. The molecule has 4 rings (SSSR count). The first-order chi connectivity index (χ1) is 15.0. The van der Waals surface area contributed by atoms with Crippen molar-refractivity contribution in [1.82, 2.24) is 9.97 Å². The van der Waals surface area contributed by atoms with Crippen LogP contribution in [0.4, 0.5) is 23.1 Å². The highest BCUT2D eigenvalue weighted by Crippen LogP contribution is 2.23. The van der Waals surface area contributed by atoms with Gasteiger partial charge < -0.3 is 10.6 Å². The van der Waals surface area contributed by atoms with Crippen LogP contribution in [0, 0.1) is 6.92 Å². The van der Waals surface area contributed by atoms with E-state index < -0.39 is 10.0 Å². The first-order valence-corrected chi connectivity index (χ1v) is 12.0. The van der Waals surface area contributed by atoms with Gasteiger partial charge in [-0.2, -0.15) is 4.98 Å². The Morgan fingerprint density at radius 3 is 2.26 bits per heavy atom. The number of hydrogen-bond acceptors (Lipinski definition) is 6. The fourth-order valence-electron chi connectivity index (χ4n) is 3.71. The van der Waals surface area contributed by atoms with E-state index in [1.807, 2.05) is 25.1 Å². The SMILES string of the molecule is Cc1cc(Nc2ccc(NS(=O)(=O)c3ccccc3)cc2)nc(NC2CCCCC2)n1. The van der Waals surface area contributed by atoms with Gasteiger partial charge in [0.15, 0.2) is 0 Å². The molecule has 8 heteroatoms. The molecular weight excluding hydrogens is 410 g/mol. The molecule has 1 aliphatic carbocycles. The van der Waals surface area contributed by atoms with E-state index in [1.54, 1.807) is 42.5 Å². The van der Waals surface area contributed by atoms with E-state index in [2.05, 4.69) is 25.3 Å². The number of anilines is 4. The molecule has 0 atom stereocenters. The first kappa shape index (κ1) is 21.1. The van der Waals surface area contributed by atoms with Crippen LogP contribution < -0.4 is 15.4 Å². The molecule has 2 aromatic carbocycles. The summed E-state index contributed by atoms with van der Waals surface area (Å²) in [7, 11) is -3.61. The number of rotatable bonds is 7. The fourth-order valence-corrected chi connectivity index (χ4v) is 4.79. The molecule has 1 aliphatic rings. The van der Waals surface area contributed by atoms with E-state index in [1.165, 1.54) is 19.3 Å². The average molecular weight is 438 g/mol. The largest absolute Gasteiger partial charge is 0.351 e. The van der Waals surface area contributed by atoms with Gasteiger partial charge in [-0.1, -0.05) is 37.5 Å². The summed E-state index contributed by atoms with van der Waals surface area (Å²) in [6, 6.07) is 17.7. The van der Waals surface area contributed by atoms with Gasteiger partial charge in [-0.3, -0.25) is 4.72 Å². The van der Waals surface area contributed by atoms with E-state index in [0.29, 0.717) is 23.5 Å². The highest BCUT2D eigenvalue weighted by Gasteiger charge is 2.15. The van der Waals surface area contributed by atoms with Crippen LogP contribution in [-0.4, -0.2) is 24.4 Å². The van der Waals surface area contributed by atoms with Gasteiger partial charge in [-0.05, 0) is 56.2 Å². The zero-order valence-electron chi connectivity index (χ0n) is 17.5. The van der Waals surface area contributed by atoms with Crippen molar-refractivity contribution in [3.8, 4) is 0 Å². The van der Waals surface area contributed by atoms with E-state index in [0.717, 1.165) is 24.2 Å². The molecule has 1 saturated carbocycles. The second kappa shape index (κ2) is 9.34. The van der Waals surface area contributed by atoms with Gasteiger partial charge in [0, 0.05) is 29.2 Å². The van der Waals surface area contributed by atoms with E-state index in [-0.39, 0.29) is 4.90 Å². The minimum absolute atomic E-state index is 0.228. The predicted molar refractivity (Wildman–Crippen MR) is 124 cm³/mol. The van der Waals surface area contributed by atoms with Crippen LogP contribution in [0.3, 0.4) is 0 Å². The van der Waals surface area contributed by atoms with Crippen molar-refractivity contribution in [3.05, 3.63) is 66.4 Å². The average Bonchev–Trinajstić information content (AvgIpc) is 2.76. The maximum Gasteiger partial charge on any atom is 0.261 e. The van der Waals surface area contributed by atoms with Crippen LogP contribution in [0.2, 0.25) is 0 Å². The molecule has 0 saturated heterocycles. The minimum Gasteiger partial charge on any atom is -0.351 e. The Labute approximate surface area is 183 Å². The zero-order chi connectivity index (χ0) is 21.7. The number of hydrogen-bond donors (Lipinski definition) is 3. The van der Waals surface area contributed by atoms with Gasteiger partial charge in [0.1, 0.15) is 5.82 Å². The van der Waals surface area contributed by atoms with Crippen LogP contribution in [-0.2, 0) is 10.0 Å². The van der Waals surface area contributed by atoms with Crippen molar-refractivity contribution in [3.63, 3.8) is 0 Å². The standard InChI is InChI=1S/C23H27N5O2S/c1-17-16-22(27-23(24-17)26-18-8-4-2-5-9-18)25-19-12-14-20(15-13-19)28-31(29,30)21-10-6-3-7-11-21/h3,6-7,10-16,18,28H,2,4-5,8-9H2,1H3,(H2,24,25,26,27). The summed E-state index contributed by atoms with van der Waals surface area (Å²) in [5, 5.41) is 6.74. The second-order valence-electron chi connectivity index (χ2n) is 7.82. The van der Waals surface area contributed by atoms with Crippen molar-refractivity contribution in [2.24, 2.45) is 0 Å². The van der Waals surface area contributed by atoms with Crippen molar-refractivity contribution >= 4 is 33.2 Å². The van der Waals surface area contributed by atoms with Gasteiger partial charge in [-0.25, -0.2) is 13.4 Å². The number of aromatic nitrogens is 2. The van der Waals surface area contributed by atoms with Crippen LogP contribution in [0.5, 0.6) is 0 Å². The third kappa shape index (κ3) is 5.73. The van der Waals surface area contributed by atoms with E-state index in [4.69, 9.17) is 0 Å². The van der Waals surface area contributed by atoms with Crippen LogP contribution in [0.15, 0.2) is 65.6 Å². The minimum atomic E-state index is -3.61. The van der Waals surface area contributed by atoms with Gasteiger partial charge in [0.05, 0.1) is 4.90 Å². The Morgan fingerprint density at radius 1 is 0.871 bits per heavy atom. The van der Waals surface area contributed by atoms with Crippen LogP contribution in [0.1, 0.15) is 37.8 Å². The van der Waals surface area contributed by atoms with Gasteiger partial charge in [-0.15, -0.1) is 0 Å². The Morgan fingerprint density at radius 2 is 1.55 bits per heavy atom. The molecule has 3 aromatic rings. The van der Waals surface area contributed by atoms with Crippen molar-refractivity contribution < 1.29 is 8.42 Å². The second-order valence-corrected chi connectivity index (χ2v) is 9.50. The van der Waals surface area contributed by atoms with Crippen molar-refractivity contribution in [1.29, 1.82) is 0 Å². The lowest BCUT2D eigenvalue weighted by Crippen LogP contribution is -2.23. The summed E-state index contributed by atoms with van der Waals surface area (Å²) in [6.07, 6.45) is 6.10. The smallest absolute Gasteiger partial charge is 0.261 e. The van der Waals surface area contributed by atoms with E-state index in [9.17, 15) is 8.42 Å². The number of benzene rings is 2. The number of sulfonamides is 1. The Bertz CT molecular complexity index is 1110. The molecule has 0 amide bonds. The molecule has 0 aliphatic heterocycles. The molecule has 3 N–H and O–H groups in total. The third-order valence-electron chi connectivity index (χ3n) is 5.26. The lowest BCUT2D eigenvalue weighted by Gasteiger charge is -2.23. The summed E-state index contributed by atoms with van der Waals surface area (Å²) in [5.74, 6) is 1.34. The molecule has 1 aromatic heterocycles. The van der Waals surface area contributed by atoms with E-state index >= 15 is 0 Å². The number of nitrogens with zero attached hydrogens (tertiary/aromatic N) is 2. The Kier molecular flexibility index (Phi) is 6.36. The lowest BCUT2D eigenvalue weighted by molar-refractivity contribution is 0.461. The summed E-state index contributed by atoms with van der Waals surface area (Å²) in [6.45, 7) is 1.94. The predicted octanol–water partition coefficient (Wildman–Crippen LogP) is 5.07. The maximum atomic E-state index is 12.5. The molecule has 31 heavy (non-hydrogen) atoms. The summed E-state index contributed by atoms with van der Waals surface area (Å²) in [4.78, 5) is 9.34.